The van der Waals surface area contributed by atoms with Gasteiger partial charge in [-0.25, -0.2) is 0 Å². The van der Waals surface area contributed by atoms with Crippen molar-refractivity contribution in [3.05, 3.63) is 65.2 Å². The van der Waals surface area contributed by atoms with Gasteiger partial charge in [0.1, 0.15) is 0 Å². The normalized spacial score (nSPS) is 18.7. The van der Waals surface area contributed by atoms with Crippen LogP contribution in [0.5, 0.6) is 0 Å². The Balaban J connectivity index is 1.65. The van der Waals surface area contributed by atoms with E-state index >= 15 is 0 Å². The van der Waals surface area contributed by atoms with Gasteiger partial charge >= 0.3 is 0 Å². The first-order valence-corrected chi connectivity index (χ1v) is 9.00. The maximum Gasteiger partial charge on any atom is 0.0432 e. The van der Waals surface area contributed by atoms with Gasteiger partial charge in [-0.15, -0.1) is 0 Å². The molecule has 1 saturated heterocycles. The Kier molecular flexibility index (Phi) is 4.34. The molecule has 120 valence electrons. The number of benzene rings is 2. The summed E-state index contributed by atoms with van der Waals surface area (Å²) < 4.78 is 0. The summed E-state index contributed by atoms with van der Waals surface area (Å²) in [6.45, 7) is 4.59. The van der Waals surface area contributed by atoms with Gasteiger partial charge in [-0.2, -0.15) is 0 Å². The molecule has 0 amide bonds. The van der Waals surface area contributed by atoms with Gasteiger partial charge in [0.25, 0.3) is 0 Å². The van der Waals surface area contributed by atoms with Crippen molar-refractivity contribution in [1.29, 1.82) is 0 Å². The van der Waals surface area contributed by atoms with E-state index < -0.39 is 0 Å². The lowest BCUT2D eigenvalue weighted by atomic mass is 9.93. The first kappa shape index (κ1) is 14.8. The van der Waals surface area contributed by atoms with Crippen molar-refractivity contribution in [2.75, 3.05) is 24.5 Å². The lowest BCUT2D eigenvalue weighted by Crippen LogP contribution is -2.37. The highest BCUT2D eigenvalue weighted by molar-refractivity contribution is 5.55. The summed E-state index contributed by atoms with van der Waals surface area (Å²) in [4.78, 5) is 2.64. The van der Waals surface area contributed by atoms with E-state index in [0.717, 1.165) is 25.3 Å². The average Bonchev–Trinajstić information content (AvgIpc) is 2.60. The monoisotopic (exact) mass is 306 g/mol. The van der Waals surface area contributed by atoms with Crippen LogP contribution in [-0.2, 0) is 19.4 Å². The zero-order valence-corrected chi connectivity index (χ0v) is 13.8. The zero-order chi connectivity index (χ0) is 15.5. The van der Waals surface area contributed by atoms with Crippen LogP contribution in [0.2, 0.25) is 0 Å². The second-order valence-corrected chi connectivity index (χ2v) is 6.97. The third-order valence-corrected chi connectivity index (χ3v) is 5.41. The van der Waals surface area contributed by atoms with Gasteiger partial charge in [-0.05, 0) is 67.4 Å². The van der Waals surface area contributed by atoms with Crippen molar-refractivity contribution < 1.29 is 0 Å². The zero-order valence-electron chi connectivity index (χ0n) is 13.8. The Morgan fingerprint density at radius 2 is 1.48 bits per heavy atom. The van der Waals surface area contributed by atoms with Crippen LogP contribution in [-0.4, -0.2) is 19.6 Å². The van der Waals surface area contributed by atoms with Gasteiger partial charge in [0, 0.05) is 18.8 Å². The molecule has 2 aliphatic heterocycles. The molecule has 0 unspecified atom stereocenters. The lowest BCUT2D eigenvalue weighted by molar-refractivity contribution is 0.372. The van der Waals surface area contributed by atoms with Crippen LogP contribution in [0.4, 0.5) is 5.69 Å². The quantitative estimate of drug-likeness (QED) is 0.908. The minimum Gasteiger partial charge on any atom is -0.367 e. The second-order valence-electron chi connectivity index (χ2n) is 6.97. The van der Waals surface area contributed by atoms with Crippen LogP contribution in [0.15, 0.2) is 48.5 Å². The van der Waals surface area contributed by atoms with Crippen LogP contribution in [0, 0.1) is 5.92 Å². The van der Waals surface area contributed by atoms with E-state index in [1.54, 1.807) is 0 Å². The van der Waals surface area contributed by atoms with Crippen LogP contribution >= 0.6 is 0 Å². The summed E-state index contributed by atoms with van der Waals surface area (Å²) in [6, 6.07) is 18.0. The van der Waals surface area contributed by atoms with E-state index in [2.05, 4.69) is 58.7 Å². The number of nitrogens with one attached hydrogen (secondary N) is 1. The molecule has 1 N–H and O–H groups in total. The van der Waals surface area contributed by atoms with Crippen molar-refractivity contribution >= 4 is 5.69 Å². The van der Waals surface area contributed by atoms with Crippen molar-refractivity contribution in [3.63, 3.8) is 0 Å². The molecular weight excluding hydrogens is 280 g/mol. The fourth-order valence-electron chi connectivity index (χ4n) is 4.09. The van der Waals surface area contributed by atoms with Gasteiger partial charge in [-0.1, -0.05) is 42.5 Å². The van der Waals surface area contributed by atoms with E-state index in [0.29, 0.717) is 0 Å². The third-order valence-electron chi connectivity index (χ3n) is 5.41. The number of piperidine rings is 1. The Bertz CT molecular complexity index is 658. The molecule has 2 aromatic carbocycles. The van der Waals surface area contributed by atoms with Gasteiger partial charge in [-0.3, -0.25) is 0 Å². The van der Waals surface area contributed by atoms with E-state index in [1.807, 2.05) is 0 Å². The summed E-state index contributed by atoms with van der Waals surface area (Å²) >= 11 is 0. The summed E-state index contributed by atoms with van der Waals surface area (Å²) in [7, 11) is 0. The summed E-state index contributed by atoms with van der Waals surface area (Å²) in [5, 5.41) is 3.49. The molecule has 1 fully saturated rings. The summed E-state index contributed by atoms with van der Waals surface area (Å²) in [5.74, 6) is 0.816. The van der Waals surface area contributed by atoms with Crippen molar-refractivity contribution in [2.24, 2.45) is 5.92 Å². The highest BCUT2D eigenvalue weighted by atomic mass is 15.1. The lowest BCUT2D eigenvalue weighted by Gasteiger charge is -2.34. The Labute approximate surface area is 139 Å². The Morgan fingerprint density at radius 1 is 0.826 bits per heavy atom. The molecule has 2 nitrogen and oxygen atoms in total. The largest absolute Gasteiger partial charge is 0.367 e. The summed E-state index contributed by atoms with van der Waals surface area (Å²) in [6.07, 6.45) is 4.92. The Hall–Kier alpha value is -1.80. The van der Waals surface area contributed by atoms with E-state index in [9.17, 15) is 0 Å². The van der Waals surface area contributed by atoms with Crippen molar-refractivity contribution in [1.82, 2.24) is 5.32 Å². The SMILES string of the molecule is c1ccc2c(c1)CCc1ccccc1N(CC1CCNCC1)C2. The molecule has 0 aliphatic carbocycles. The minimum absolute atomic E-state index is 0.816. The summed E-state index contributed by atoms with van der Waals surface area (Å²) in [5.41, 5.74) is 6.00. The molecule has 0 saturated carbocycles. The predicted octanol–water partition coefficient (Wildman–Crippen LogP) is 3.79. The van der Waals surface area contributed by atoms with E-state index in [1.165, 1.54) is 54.9 Å². The first-order valence-electron chi connectivity index (χ1n) is 9.00. The molecule has 2 aromatic rings. The van der Waals surface area contributed by atoms with Gasteiger partial charge in [0.15, 0.2) is 0 Å². The average molecular weight is 306 g/mol. The fourth-order valence-corrected chi connectivity index (χ4v) is 4.09. The van der Waals surface area contributed by atoms with Gasteiger partial charge in [0.05, 0.1) is 0 Å². The number of para-hydroxylation sites is 1. The highest BCUT2D eigenvalue weighted by Crippen LogP contribution is 2.30. The van der Waals surface area contributed by atoms with Crippen LogP contribution in [0.3, 0.4) is 0 Å². The van der Waals surface area contributed by atoms with Gasteiger partial charge in [0.2, 0.25) is 0 Å². The maximum absolute atomic E-state index is 3.49. The molecule has 23 heavy (non-hydrogen) atoms. The van der Waals surface area contributed by atoms with Crippen LogP contribution in [0.1, 0.15) is 29.5 Å². The Morgan fingerprint density at radius 3 is 2.30 bits per heavy atom. The fraction of sp³-hybridized carbons (Fsp3) is 0.429. The first-order chi connectivity index (χ1) is 11.4. The number of aryl methyl sites for hydroxylation is 2. The van der Waals surface area contributed by atoms with Crippen molar-refractivity contribution in [3.8, 4) is 0 Å². The smallest absolute Gasteiger partial charge is 0.0432 e. The molecule has 0 spiro atoms. The number of hydrogen-bond acceptors (Lipinski definition) is 2. The third kappa shape index (κ3) is 3.28. The van der Waals surface area contributed by atoms with E-state index in [4.69, 9.17) is 0 Å². The molecule has 0 atom stereocenters. The molecule has 2 heterocycles. The van der Waals surface area contributed by atoms with Gasteiger partial charge < -0.3 is 10.2 Å². The van der Waals surface area contributed by atoms with Crippen molar-refractivity contribution in [2.45, 2.75) is 32.2 Å². The number of anilines is 1. The molecule has 0 bridgehead atoms. The number of fused-ring (bicyclic) bond motifs is 2. The molecule has 0 radical (unpaired) electrons. The predicted molar refractivity (Wildman–Crippen MR) is 96.9 cm³/mol. The minimum atomic E-state index is 0.816. The second kappa shape index (κ2) is 6.76. The maximum atomic E-state index is 3.49. The standard InChI is InChI=1S/C21H26N2/c1-2-7-20-16-23(15-17-11-13-22-14-12-17)21-8-4-3-6-19(21)10-9-18(20)5-1/h1-8,17,22H,9-16H2. The number of hydrogen-bond donors (Lipinski definition) is 1. The van der Waals surface area contributed by atoms with Crippen LogP contribution < -0.4 is 10.2 Å². The molecule has 4 rings (SSSR count). The molecular formula is C21H26N2. The topological polar surface area (TPSA) is 15.3 Å². The molecule has 2 heteroatoms. The number of nitrogens with zero attached hydrogens (tertiary/aromatic N) is 1. The molecule has 2 aliphatic rings. The van der Waals surface area contributed by atoms with Crippen LogP contribution in [0.25, 0.3) is 0 Å². The highest BCUT2D eigenvalue weighted by Gasteiger charge is 2.21. The number of rotatable bonds is 2. The molecule has 0 aromatic heterocycles. The van der Waals surface area contributed by atoms with E-state index in [-0.39, 0.29) is 0 Å².